The van der Waals surface area contributed by atoms with Crippen molar-refractivity contribution < 1.29 is 4.79 Å². The number of hydrogen-bond acceptors (Lipinski definition) is 1. The first-order valence-corrected chi connectivity index (χ1v) is 9.85. The third-order valence-electron chi connectivity index (χ3n) is 4.81. The first kappa shape index (κ1) is 19.6. The van der Waals surface area contributed by atoms with Gasteiger partial charge in [0.2, 0.25) is 5.91 Å². The first-order chi connectivity index (χ1) is 13.6. The van der Waals surface area contributed by atoms with Crippen LogP contribution in [0.2, 0.25) is 0 Å². The number of rotatable bonds is 6. The largest absolute Gasteiger partial charge is 0.326 e. The lowest BCUT2D eigenvalue weighted by Gasteiger charge is -2.17. The Kier molecular flexibility index (Phi) is 6.44. The van der Waals surface area contributed by atoms with Crippen LogP contribution in [-0.4, -0.2) is 5.91 Å². The smallest absolute Gasteiger partial charge is 0.226 e. The lowest BCUT2D eigenvalue weighted by Crippen LogP contribution is -2.17. The van der Waals surface area contributed by atoms with Gasteiger partial charge in [-0.1, -0.05) is 93.6 Å². The van der Waals surface area contributed by atoms with E-state index in [-0.39, 0.29) is 11.8 Å². The summed E-state index contributed by atoms with van der Waals surface area (Å²) in [7, 11) is 0. The number of benzene rings is 3. The van der Waals surface area contributed by atoms with Crippen LogP contribution in [0.3, 0.4) is 0 Å². The molecule has 0 radical (unpaired) electrons. The molecular formula is C26H27NO. The second-order valence-corrected chi connectivity index (χ2v) is 7.16. The highest BCUT2D eigenvalue weighted by atomic mass is 16.1. The summed E-state index contributed by atoms with van der Waals surface area (Å²) < 4.78 is 0. The summed E-state index contributed by atoms with van der Waals surface area (Å²) in [4.78, 5) is 12.0. The molecule has 3 aromatic rings. The van der Waals surface area contributed by atoms with E-state index in [9.17, 15) is 4.79 Å². The average molecular weight is 370 g/mol. The second kappa shape index (κ2) is 9.18. The van der Waals surface area contributed by atoms with Crippen molar-refractivity contribution in [3.63, 3.8) is 0 Å². The van der Waals surface area contributed by atoms with Crippen molar-refractivity contribution in [3.05, 3.63) is 102 Å². The van der Waals surface area contributed by atoms with Gasteiger partial charge in [-0.25, -0.2) is 0 Å². The molecule has 0 saturated carbocycles. The van der Waals surface area contributed by atoms with E-state index in [1.54, 1.807) is 0 Å². The number of hydrogen-bond donors (Lipinski definition) is 1. The topological polar surface area (TPSA) is 29.1 Å². The molecule has 2 heteroatoms. The maximum atomic E-state index is 12.0. The fraction of sp³-hybridized carbons (Fsp3) is 0.192. The minimum atomic E-state index is -0.0378. The molecule has 0 fully saturated rings. The van der Waals surface area contributed by atoms with E-state index in [4.69, 9.17) is 0 Å². The summed E-state index contributed by atoms with van der Waals surface area (Å²) in [5.41, 5.74) is 6.95. The quantitative estimate of drug-likeness (QED) is 0.484. The van der Waals surface area contributed by atoms with E-state index in [2.05, 4.69) is 72.9 Å². The van der Waals surface area contributed by atoms with Crippen LogP contribution in [0.15, 0.2) is 84.9 Å². The maximum Gasteiger partial charge on any atom is 0.226 e. The van der Waals surface area contributed by atoms with Gasteiger partial charge in [-0.15, -0.1) is 0 Å². The van der Waals surface area contributed by atoms with Crippen molar-refractivity contribution in [3.8, 4) is 0 Å². The maximum absolute atomic E-state index is 12.0. The van der Waals surface area contributed by atoms with Gasteiger partial charge in [0.15, 0.2) is 0 Å². The van der Waals surface area contributed by atoms with Gasteiger partial charge < -0.3 is 5.32 Å². The zero-order valence-electron chi connectivity index (χ0n) is 16.8. The van der Waals surface area contributed by atoms with Gasteiger partial charge in [0.05, 0.1) is 0 Å². The summed E-state index contributed by atoms with van der Waals surface area (Å²) >= 11 is 0. The molecule has 0 aliphatic heterocycles. The van der Waals surface area contributed by atoms with Gasteiger partial charge in [-0.3, -0.25) is 4.79 Å². The molecule has 2 nitrogen and oxygen atoms in total. The van der Waals surface area contributed by atoms with Crippen molar-refractivity contribution in [2.24, 2.45) is 5.92 Å². The molecular weight excluding hydrogens is 342 g/mol. The van der Waals surface area contributed by atoms with Crippen molar-refractivity contribution in [1.82, 2.24) is 0 Å². The summed E-state index contributed by atoms with van der Waals surface area (Å²) in [5, 5.41) is 2.97. The molecule has 0 aliphatic carbocycles. The first-order valence-electron chi connectivity index (χ1n) is 9.85. The zero-order chi connectivity index (χ0) is 19.9. The molecule has 0 heterocycles. The Morgan fingerprint density at radius 3 is 1.75 bits per heavy atom. The molecule has 1 amide bonds. The predicted molar refractivity (Wildman–Crippen MR) is 119 cm³/mol. The molecule has 0 spiro atoms. The Morgan fingerprint density at radius 2 is 1.25 bits per heavy atom. The minimum Gasteiger partial charge on any atom is -0.326 e. The monoisotopic (exact) mass is 369 g/mol. The molecule has 0 saturated heterocycles. The number of nitrogens with one attached hydrogen (secondary N) is 1. The average Bonchev–Trinajstić information content (AvgIpc) is 2.74. The van der Waals surface area contributed by atoms with Crippen LogP contribution in [0.1, 0.15) is 43.9 Å². The summed E-state index contributed by atoms with van der Waals surface area (Å²) in [6, 6.07) is 29.2. The van der Waals surface area contributed by atoms with Crippen LogP contribution < -0.4 is 5.32 Å². The summed E-state index contributed by atoms with van der Waals surface area (Å²) in [6.07, 6.45) is 0.931. The molecule has 142 valence electrons. The fourth-order valence-electron chi connectivity index (χ4n) is 3.29. The Labute approximate surface area is 167 Å². The van der Waals surface area contributed by atoms with Crippen LogP contribution >= 0.6 is 0 Å². The highest BCUT2D eigenvalue weighted by Gasteiger charge is 2.13. The highest BCUT2D eigenvalue weighted by Crippen LogP contribution is 2.34. The number of anilines is 1. The van der Waals surface area contributed by atoms with Crippen molar-refractivity contribution in [1.29, 1.82) is 0 Å². The Hall–Kier alpha value is -3.13. The standard InChI is InChI=1S/C26H27NO/c1-4-24(20-11-7-5-8-12-20)25(21-13-9-6-10-14-21)22-15-17-23(18-16-22)27-26(28)19(2)3/h5-19H,4H2,1-3H3,(H,27,28)/b25-24-. The third-order valence-corrected chi connectivity index (χ3v) is 4.81. The molecule has 3 rings (SSSR count). The Morgan fingerprint density at radius 1 is 0.750 bits per heavy atom. The lowest BCUT2D eigenvalue weighted by molar-refractivity contribution is -0.118. The van der Waals surface area contributed by atoms with Gasteiger partial charge in [0.25, 0.3) is 0 Å². The zero-order valence-corrected chi connectivity index (χ0v) is 16.8. The van der Waals surface area contributed by atoms with E-state index in [0.717, 1.165) is 17.7 Å². The minimum absolute atomic E-state index is 0.0325. The molecule has 0 unspecified atom stereocenters. The van der Waals surface area contributed by atoms with Gasteiger partial charge in [-0.05, 0) is 46.4 Å². The molecule has 0 aromatic heterocycles. The Balaban J connectivity index is 2.08. The summed E-state index contributed by atoms with van der Waals surface area (Å²) in [6.45, 7) is 5.99. The lowest BCUT2D eigenvalue weighted by atomic mass is 9.88. The van der Waals surface area contributed by atoms with E-state index >= 15 is 0 Å². The predicted octanol–water partition coefficient (Wildman–Crippen LogP) is 6.65. The van der Waals surface area contributed by atoms with Crippen LogP contribution in [-0.2, 0) is 4.79 Å². The molecule has 0 bridgehead atoms. The number of amides is 1. The van der Waals surface area contributed by atoms with Gasteiger partial charge in [0.1, 0.15) is 0 Å². The Bertz CT molecular complexity index is 939. The fourth-order valence-corrected chi connectivity index (χ4v) is 3.29. The second-order valence-electron chi connectivity index (χ2n) is 7.16. The van der Waals surface area contributed by atoms with Gasteiger partial charge in [0, 0.05) is 11.6 Å². The number of carbonyl (C=O) groups excluding carboxylic acids is 1. The van der Waals surface area contributed by atoms with Crippen LogP contribution in [0, 0.1) is 5.92 Å². The van der Waals surface area contributed by atoms with E-state index in [0.29, 0.717) is 0 Å². The molecule has 0 aliphatic rings. The van der Waals surface area contributed by atoms with Crippen molar-refractivity contribution in [2.45, 2.75) is 27.2 Å². The van der Waals surface area contributed by atoms with Gasteiger partial charge >= 0.3 is 0 Å². The van der Waals surface area contributed by atoms with E-state index in [1.165, 1.54) is 22.3 Å². The molecule has 1 N–H and O–H groups in total. The molecule has 3 aromatic carbocycles. The van der Waals surface area contributed by atoms with Crippen molar-refractivity contribution in [2.75, 3.05) is 5.32 Å². The van der Waals surface area contributed by atoms with E-state index < -0.39 is 0 Å². The third kappa shape index (κ3) is 4.58. The number of allylic oxidation sites excluding steroid dienone is 1. The molecule has 0 atom stereocenters. The number of carbonyl (C=O) groups is 1. The highest BCUT2D eigenvalue weighted by molar-refractivity contribution is 5.99. The van der Waals surface area contributed by atoms with Crippen LogP contribution in [0.4, 0.5) is 5.69 Å². The normalized spacial score (nSPS) is 11.9. The van der Waals surface area contributed by atoms with Crippen LogP contribution in [0.5, 0.6) is 0 Å². The SMILES string of the molecule is CC/C(=C(\c1ccccc1)c1ccc(NC(=O)C(C)C)cc1)c1ccccc1. The van der Waals surface area contributed by atoms with Crippen LogP contribution in [0.25, 0.3) is 11.1 Å². The van der Waals surface area contributed by atoms with E-state index in [1.807, 2.05) is 38.1 Å². The van der Waals surface area contributed by atoms with Crippen molar-refractivity contribution >= 4 is 22.7 Å². The van der Waals surface area contributed by atoms with Gasteiger partial charge in [-0.2, -0.15) is 0 Å². The molecule has 28 heavy (non-hydrogen) atoms. The summed E-state index contributed by atoms with van der Waals surface area (Å²) in [5.74, 6) is -0.00525.